The molecule has 0 bridgehead atoms. The van der Waals surface area contributed by atoms with Crippen LogP contribution in [0.4, 0.5) is 4.39 Å². The molecule has 2 heterocycles. The highest BCUT2D eigenvalue weighted by atomic mass is 19.1. The number of fused-ring (bicyclic) bond motifs is 2. The van der Waals surface area contributed by atoms with Gasteiger partial charge in [0.2, 0.25) is 0 Å². The van der Waals surface area contributed by atoms with Crippen LogP contribution >= 0.6 is 0 Å². The molecule has 0 aliphatic carbocycles. The zero-order chi connectivity index (χ0) is 27.2. The molecule has 0 aliphatic rings. The van der Waals surface area contributed by atoms with Crippen LogP contribution in [0.25, 0.3) is 32.9 Å². The molecule has 0 saturated heterocycles. The van der Waals surface area contributed by atoms with E-state index < -0.39 is 0 Å². The van der Waals surface area contributed by atoms with E-state index in [0.717, 1.165) is 32.9 Å². The lowest BCUT2D eigenvalue weighted by atomic mass is 10.0. The van der Waals surface area contributed by atoms with Gasteiger partial charge in [0.1, 0.15) is 5.82 Å². The molecule has 38 heavy (non-hydrogen) atoms. The summed E-state index contributed by atoms with van der Waals surface area (Å²) in [6, 6.07) is 17.6. The highest BCUT2D eigenvalue weighted by Gasteiger charge is 2.21. The van der Waals surface area contributed by atoms with Crippen molar-refractivity contribution in [3.05, 3.63) is 89.5 Å². The van der Waals surface area contributed by atoms with Crippen LogP contribution in [0.15, 0.2) is 66.9 Å². The number of benzene rings is 3. The van der Waals surface area contributed by atoms with E-state index in [4.69, 9.17) is 0 Å². The number of nitrogens with one attached hydrogen (secondary N) is 3. The van der Waals surface area contributed by atoms with Crippen LogP contribution in [0, 0.1) is 5.82 Å². The Hall–Kier alpha value is -4.46. The maximum absolute atomic E-state index is 13.7. The summed E-state index contributed by atoms with van der Waals surface area (Å²) < 4.78 is 15.6. The molecular formula is C30H30FN5O2. The molecule has 3 N–H and O–H groups in total. The predicted molar refractivity (Wildman–Crippen MR) is 148 cm³/mol. The zero-order valence-corrected chi connectivity index (χ0v) is 22.0. The molecule has 2 amide bonds. The average Bonchev–Trinajstić information content (AvgIpc) is 3.43. The van der Waals surface area contributed by atoms with Crippen LogP contribution in [0.1, 0.15) is 60.1 Å². The SMILES string of the molecule is C[C@H](NC(=O)c1cn(C)c2ccc(-c3ccc4c(C(=O)NC(C)(C)C)n[nH]c4c3)cc12)c1cccc(F)c1. The third-order valence-corrected chi connectivity index (χ3v) is 6.53. The van der Waals surface area contributed by atoms with E-state index in [-0.39, 0.29) is 29.2 Å². The molecule has 2 aromatic heterocycles. The fraction of sp³-hybridized carbons (Fsp3) is 0.233. The Bertz CT molecular complexity index is 1690. The van der Waals surface area contributed by atoms with Gasteiger partial charge in [-0.2, -0.15) is 5.10 Å². The highest BCUT2D eigenvalue weighted by molar-refractivity contribution is 6.09. The zero-order valence-electron chi connectivity index (χ0n) is 22.0. The van der Waals surface area contributed by atoms with E-state index in [1.54, 1.807) is 18.3 Å². The minimum atomic E-state index is -0.369. The van der Waals surface area contributed by atoms with Gasteiger partial charge < -0.3 is 15.2 Å². The van der Waals surface area contributed by atoms with Crippen molar-refractivity contribution < 1.29 is 14.0 Å². The summed E-state index contributed by atoms with van der Waals surface area (Å²) in [6.07, 6.45) is 1.81. The summed E-state index contributed by atoms with van der Waals surface area (Å²) in [5, 5.41) is 14.7. The van der Waals surface area contributed by atoms with Crippen LogP contribution < -0.4 is 10.6 Å². The van der Waals surface area contributed by atoms with Gasteiger partial charge >= 0.3 is 0 Å². The summed E-state index contributed by atoms with van der Waals surface area (Å²) in [5.74, 6) is -0.803. The van der Waals surface area contributed by atoms with Crippen LogP contribution in [-0.4, -0.2) is 32.1 Å². The number of carbonyl (C=O) groups is 2. The van der Waals surface area contributed by atoms with E-state index in [2.05, 4.69) is 20.8 Å². The summed E-state index contributed by atoms with van der Waals surface area (Å²) in [7, 11) is 1.90. The molecule has 5 aromatic rings. The van der Waals surface area contributed by atoms with Crippen molar-refractivity contribution in [2.24, 2.45) is 7.05 Å². The third-order valence-electron chi connectivity index (χ3n) is 6.53. The lowest BCUT2D eigenvalue weighted by molar-refractivity contribution is 0.0913. The second-order valence-electron chi connectivity index (χ2n) is 10.7. The van der Waals surface area contributed by atoms with Crippen LogP contribution in [0.2, 0.25) is 0 Å². The molecule has 8 heteroatoms. The Balaban J connectivity index is 1.46. The van der Waals surface area contributed by atoms with Crippen molar-refractivity contribution in [2.75, 3.05) is 0 Å². The first-order valence-corrected chi connectivity index (χ1v) is 12.5. The Morgan fingerprint density at radius 3 is 2.45 bits per heavy atom. The van der Waals surface area contributed by atoms with Crippen molar-refractivity contribution in [1.29, 1.82) is 0 Å². The number of hydrogen-bond donors (Lipinski definition) is 3. The smallest absolute Gasteiger partial charge is 0.272 e. The molecule has 0 spiro atoms. The fourth-order valence-corrected chi connectivity index (χ4v) is 4.66. The molecule has 0 aliphatic heterocycles. The van der Waals surface area contributed by atoms with Gasteiger partial charge in [-0.3, -0.25) is 14.7 Å². The number of carbonyl (C=O) groups excluding carboxylic acids is 2. The standard InChI is InChI=1S/C30H30FN5O2/c1-17(18-7-6-8-21(31)13-18)32-28(37)24-16-36(5)26-12-10-19(14-23(24)26)20-9-11-22-25(15-20)34-35-27(22)29(38)33-30(2,3)4/h6-17H,1-5H3,(H,32,37)(H,33,38)(H,34,35)/t17-/m0/s1. The molecule has 3 aromatic carbocycles. The molecule has 0 unspecified atom stereocenters. The minimum Gasteiger partial charge on any atom is -0.350 e. The van der Waals surface area contributed by atoms with Crippen molar-refractivity contribution in [3.63, 3.8) is 0 Å². The number of aromatic nitrogens is 3. The van der Waals surface area contributed by atoms with Gasteiger partial charge in [0, 0.05) is 35.1 Å². The normalized spacial score (nSPS) is 12.6. The fourth-order valence-electron chi connectivity index (χ4n) is 4.66. The van der Waals surface area contributed by atoms with Crippen LogP contribution in [-0.2, 0) is 7.05 Å². The first kappa shape index (κ1) is 25.2. The number of H-pyrrole nitrogens is 1. The number of amides is 2. The first-order chi connectivity index (χ1) is 18.0. The van der Waals surface area contributed by atoms with Crippen molar-refractivity contribution in [3.8, 4) is 11.1 Å². The van der Waals surface area contributed by atoms with Gasteiger partial charge in [-0.1, -0.05) is 24.3 Å². The predicted octanol–water partition coefficient (Wildman–Crippen LogP) is 5.88. The van der Waals surface area contributed by atoms with Gasteiger partial charge in [-0.15, -0.1) is 0 Å². The lowest BCUT2D eigenvalue weighted by Gasteiger charge is -2.19. The van der Waals surface area contributed by atoms with Crippen molar-refractivity contribution in [1.82, 2.24) is 25.4 Å². The maximum Gasteiger partial charge on any atom is 0.272 e. The number of hydrogen-bond acceptors (Lipinski definition) is 3. The third kappa shape index (κ3) is 4.89. The van der Waals surface area contributed by atoms with Gasteiger partial charge in [0.05, 0.1) is 17.1 Å². The lowest BCUT2D eigenvalue weighted by Crippen LogP contribution is -2.40. The maximum atomic E-state index is 13.7. The van der Waals surface area contributed by atoms with Crippen molar-refractivity contribution in [2.45, 2.75) is 39.3 Å². The van der Waals surface area contributed by atoms with Crippen LogP contribution in [0.3, 0.4) is 0 Å². The van der Waals surface area contributed by atoms with Gasteiger partial charge in [-0.25, -0.2) is 4.39 Å². The number of aromatic amines is 1. The number of rotatable bonds is 5. The van der Waals surface area contributed by atoms with E-state index in [1.165, 1.54) is 12.1 Å². The molecule has 5 rings (SSSR count). The monoisotopic (exact) mass is 511 g/mol. The molecule has 0 radical (unpaired) electrons. The highest BCUT2D eigenvalue weighted by Crippen LogP contribution is 2.30. The largest absolute Gasteiger partial charge is 0.350 e. The van der Waals surface area contributed by atoms with E-state index in [0.29, 0.717) is 16.8 Å². The molecule has 1 atom stereocenters. The molecular weight excluding hydrogens is 481 g/mol. The summed E-state index contributed by atoms with van der Waals surface area (Å²) in [6.45, 7) is 7.61. The Kier molecular flexibility index (Phi) is 6.26. The molecule has 0 saturated carbocycles. The number of nitrogens with zero attached hydrogens (tertiary/aromatic N) is 2. The van der Waals surface area contributed by atoms with E-state index in [1.807, 2.05) is 75.7 Å². The number of halogens is 1. The van der Waals surface area contributed by atoms with E-state index >= 15 is 0 Å². The second kappa shape index (κ2) is 9.45. The summed E-state index contributed by atoms with van der Waals surface area (Å²) in [5.41, 5.74) is 4.73. The second-order valence-corrected chi connectivity index (χ2v) is 10.7. The average molecular weight is 512 g/mol. The van der Waals surface area contributed by atoms with Crippen molar-refractivity contribution >= 4 is 33.6 Å². The first-order valence-electron chi connectivity index (χ1n) is 12.5. The Labute approximate surface area is 220 Å². The molecule has 194 valence electrons. The minimum absolute atomic E-state index is 0.231. The number of aryl methyl sites for hydroxylation is 1. The Morgan fingerprint density at radius 2 is 1.71 bits per heavy atom. The topological polar surface area (TPSA) is 91.8 Å². The van der Waals surface area contributed by atoms with E-state index in [9.17, 15) is 14.0 Å². The summed E-state index contributed by atoms with van der Waals surface area (Å²) >= 11 is 0. The van der Waals surface area contributed by atoms with Gasteiger partial charge in [-0.05, 0) is 80.8 Å². The Morgan fingerprint density at radius 1 is 0.974 bits per heavy atom. The molecule has 0 fully saturated rings. The van der Waals surface area contributed by atoms with Gasteiger partial charge in [0.15, 0.2) is 5.69 Å². The van der Waals surface area contributed by atoms with Gasteiger partial charge in [0.25, 0.3) is 11.8 Å². The molecule has 7 nitrogen and oxygen atoms in total. The quantitative estimate of drug-likeness (QED) is 0.275. The summed E-state index contributed by atoms with van der Waals surface area (Å²) in [4.78, 5) is 25.9. The van der Waals surface area contributed by atoms with Crippen LogP contribution in [0.5, 0.6) is 0 Å².